The minimum atomic E-state index is -0.235. The van der Waals surface area contributed by atoms with Crippen molar-refractivity contribution in [3.63, 3.8) is 0 Å². The Morgan fingerprint density at radius 1 is 1.33 bits per heavy atom. The van der Waals surface area contributed by atoms with Crippen molar-refractivity contribution in [2.45, 2.75) is 24.9 Å². The van der Waals surface area contributed by atoms with Gasteiger partial charge in [0.15, 0.2) is 0 Å². The zero-order valence-electron chi connectivity index (χ0n) is 10.0. The topological polar surface area (TPSA) is 35.5 Å². The van der Waals surface area contributed by atoms with E-state index in [1.807, 2.05) is 12.1 Å². The second kappa shape index (κ2) is 4.67. The molecule has 1 saturated carbocycles. The van der Waals surface area contributed by atoms with Crippen molar-refractivity contribution >= 4 is 21.9 Å². The van der Waals surface area contributed by atoms with E-state index < -0.39 is 0 Å². The molecule has 0 radical (unpaired) electrons. The van der Waals surface area contributed by atoms with Gasteiger partial charge in [0.1, 0.15) is 5.60 Å². The molecule has 3 rings (SSSR count). The Morgan fingerprint density at radius 3 is 2.61 bits per heavy atom. The van der Waals surface area contributed by atoms with E-state index in [2.05, 4.69) is 15.9 Å². The van der Waals surface area contributed by atoms with Gasteiger partial charge in [0.2, 0.25) is 0 Å². The molecule has 2 aliphatic rings. The Kier molecular flexibility index (Phi) is 3.16. The molecule has 96 valence electrons. The number of carbonyl (C=O) groups excluding carboxylic acids is 1. The fourth-order valence-corrected chi connectivity index (χ4v) is 2.76. The number of rotatable bonds is 3. The van der Waals surface area contributed by atoms with Crippen molar-refractivity contribution in [1.82, 2.24) is 0 Å². The van der Waals surface area contributed by atoms with Crippen LogP contribution in [0.2, 0.25) is 0 Å². The standard InChI is InChI=1S/C14H15BrO3/c15-12-3-1-10(2-4-12)13(16)18-14(6-7-14)11-5-8-17-9-11/h1-4,11H,5-9H2. The van der Waals surface area contributed by atoms with Crippen LogP contribution in [0, 0.1) is 5.92 Å². The lowest BCUT2D eigenvalue weighted by Gasteiger charge is -2.22. The lowest BCUT2D eigenvalue weighted by Crippen LogP contribution is -2.29. The minimum Gasteiger partial charge on any atom is -0.455 e. The van der Waals surface area contributed by atoms with Crippen LogP contribution in [0.5, 0.6) is 0 Å². The Bertz CT molecular complexity index is 445. The number of halogens is 1. The van der Waals surface area contributed by atoms with Crippen molar-refractivity contribution in [3.05, 3.63) is 34.3 Å². The van der Waals surface area contributed by atoms with Gasteiger partial charge in [-0.1, -0.05) is 15.9 Å². The maximum atomic E-state index is 12.1. The first-order chi connectivity index (χ1) is 8.70. The first kappa shape index (κ1) is 12.2. The van der Waals surface area contributed by atoms with Crippen LogP contribution in [0.4, 0.5) is 0 Å². The van der Waals surface area contributed by atoms with Crippen LogP contribution in [0.3, 0.4) is 0 Å². The molecule has 4 heteroatoms. The summed E-state index contributed by atoms with van der Waals surface area (Å²) in [7, 11) is 0. The molecular formula is C14H15BrO3. The Morgan fingerprint density at radius 2 is 2.06 bits per heavy atom. The molecule has 0 N–H and O–H groups in total. The van der Waals surface area contributed by atoms with Crippen LogP contribution >= 0.6 is 15.9 Å². The highest BCUT2D eigenvalue weighted by Crippen LogP contribution is 2.49. The Hall–Kier alpha value is -0.870. The Balaban J connectivity index is 1.69. The summed E-state index contributed by atoms with van der Waals surface area (Å²) >= 11 is 3.35. The van der Waals surface area contributed by atoms with Crippen LogP contribution < -0.4 is 0 Å². The molecule has 1 aromatic carbocycles. The highest BCUT2D eigenvalue weighted by molar-refractivity contribution is 9.10. The summed E-state index contributed by atoms with van der Waals surface area (Å²) in [4.78, 5) is 12.1. The number of hydrogen-bond acceptors (Lipinski definition) is 3. The average molecular weight is 311 g/mol. The molecule has 0 aromatic heterocycles. The van der Waals surface area contributed by atoms with Gasteiger partial charge in [0.05, 0.1) is 12.2 Å². The molecule has 0 amide bonds. The number of carbonyl (C=O) groups is 1. The second-order valence-electron chi connectivity index (χ2n) is 5.02. The van der Waals surface area contributed by atoms with Crippen molar-refractivity contribution < 1.29 is 14.3 Å². The molecule has 1 atom stereocenters. The summed E-state index contributed by atoms with van der Waals surface area (Å²) in [5, 5.41) is 0. The fourth-order valence-electron chi connectivity index (χ4n) is 2.50. The third-order valence-electron chi connectivity index (χ3n) is 3.79. The normalized spacial score (nSPS) is 24.8. The molecule has 1 unspecified atom stereocenters. The van der Waals surface area contributed by atoms with E-state index >= 15 is 0 Å². The number of esters is 1. The first-order valence-corrected chi connectivity index (χ1v) is 7.06. The smallest absolute Gasteiger partial charge is 0.338 e. The van der Waals surface area contributed by atoms with Crippen molar-refractivity contribution in [3.8, 4) is 0 Å². The van der Waals surface area contributed by atoms with E-state index in [1.54, 1.807) is 12.1 Å². The van der Waals surface area contributed by atoms with Crippen LogP contribution in [0.25, 0.3) is 0 Å². The predicted octanol–water partition coefficient (Wildman–Crippen LogP) is 3.18. The van der Waals surface area contributed by atoms with Crippen LogP contribution in [-0.4, -0.2) is 24.8 Å². The van der Waals surface area contributed by atoms with Gasteiger partial charge in [-0.25, -0.2) is 4.79 Å². The molecule has 1 aliphatic heterocycles. The van der Waals surface area contributed by atoms with Gasteiger partial charge < -0.3 is 9.47 Å². The highest BCUT2D eigenvalue weighted by Gasteiger charge is 2.54. The van der Waals surface area contributed by atoms with Crippen molar-refractivity contribution in [1.29, 1.82) is 0 Å². The first-order valence-electron chi connectivity index (χ1n) is 6.26. The van der Waals surface area contributed by atoms with E-state index in [0.29, 0.717) is 11.5 Å². The van der Waals surface area contributed by atoms with E-state index in [0.717, 1.165) is 36.9 Å². The van der Waals surface area contributed by atoms with E-state index in [4.69, 9.17) is 9.47 Å². The summed E-state index contributed by atoms with van der Waals surface area (Å²) in [5.74, 6) is 0.170. The third kappa shape index (κ3) is 2.31. The molecule has 18 heavy (non-hydrogen) atoms. The summed E-state index contributed by atoms with van der Waals surface area (Å²) in [6.45, 7) is 1.52. The molecule has 2 fully saturated rings. The van der Waals surface area contributed by atoms with Gasteiger partial charge in [-0.05, 0) is 43.5 Å². The lowest BCUT2D eigenvalue weighted by molar-refractivity contribution is 0.000836. The summed E-state index contributed by atoms with van der Waals surface area (Å²) in [6, 6.07) is 7.28. The molecule has 1 heterocycles. The van der Waals surface area contributed by atoms with Gasteiger partial charge in [-0.2, -0.15) is 0 Å². The second-order valence-corrected chi connectivity index (χ2v) is 5.94. The van der Waals surface area contributed by atoms with Crippen LogP contribution in [0.1, 0.15) is 29.6 Å². The Labute approximate surface area is 115 Å². The quantitative estimate of drug-likeness (QED) is 0.804. The van der Waals surface area contributed by atoms with E-state index in [-0.39, 0.29) is 11.6 Å². The number of benzene rings is 1. The van der Waals surface area contributed by atoms with Crippen LogP contribution in [0.15, 0.2) is 28.7 Å². The van der Waals surface area contributed by atoms with Crippen molar-refractivity contribution in [2.24, 2.45) is 5.92 Å². The molecule has 1 saturated heterocycles. The maximum Gasteiger partial charge on any atom is 0.338 e. The summed E-state index contributed by atoms with van der Waals surface area (Å²) in [5.41, 5.74) is 0.379. The number of hydrogen-bond donors (Lipinski definition) is 0. The summed E-state index contributed by atoms with van der Waals surface area (Å²) in [6.07, 6.45) is 2.96. The number of ether oxygens (including phenoxy) is 2. The zero-order valence-corrected chi connectivity index (χ0v) is 11.6. The monoisotopic (exact) mass is 310 g/mol. The SMILES string of the molecule is O=C(OC1(C2CCOC2)CC1)c1ccc(Br)cc1. The van der Waals surface area contributed by atoms with Gasteiger partial charge in [-0.15, -0.1) is 0 Å². The maximum absolute atomic E-state index is 12.1. The zero-order chi connectivity index (χ0) is 12.6. The molecule has 1 aromatic rings. The van der Waals surface area contributed by atoms with Gasteiger partial charge in [-0.3, -0.25) is 0 Å². The van der Waals surface area contributed by atoms with Gasteiger partial charge >= 0.3 is 5.97 Å². The third-order valence-corrected chi connectivity index (χ3v) is 4.32. The molecule has 3 nitrogen and oxygen atoms in total. The minimum absolute atomic E-state index is 0.216. The van der Waals surface area contributed by atoms with Gasteiger partial charge in [0, 0.05) is 17.0 Å². The van der Waals surface area contributed by atoms with Crippen molar-refractivity contribution in [2.75, 3.05) is 13.2 Å². The molecular weight excluding hydrogens is 296 g/mol. The van der Waals surface area contributed by atoms with Gasteiger partial charge in [0.25, 0.3) is 0 Å². The largest absolute Gasteiger partial charge is 0.455 e. The fraction of sp³-hybridized carbons (Fsp3) is 0.500. The molecule has 0 spiro atoms. The predicted molar refractivity (Wildman–Crippen MR) is 70.4 cm³/mol. The average Bonchev–Trinajstić information content (AvgIpc) is 2.93. The summed E-state index contributed by atoms with van der Waals surface area (Å²) < 4.78 is 12.1. The molecule has 1 aliphatic carbocycles. The van der Waals surface area contributed by atoms with E-state index in [9.17, 15) is 4.79 Å². The van der Waals surface area contributed by atoms with E-state index in [1.165, 1.54) is 0 Å². The highest BCUT2D eigenvalue weighted by atomic mass is 79.9. The lowest BCUT2D eigenvalue weighted by atomic mass is 9.99. The molecule has 0 bridgehead atoms. The van der Waals surface area contributed by atoms with Crippen LogP contribution in [-0.2, 0) is 9.47 Å².